The molecular formula is C29H35FN2O9S. The molecule has 13 heteroatoms. The SMILES string of the molecule is CCC(C)OC(CN1C=CN(CCCC(=O)c2ccc(F)cc2)C1OC(=O)CC(O)(CC(=O)O)C(=O)O)c1cccs1. The van der Waals surface area contributed by atoms with Gasteiger partial charge in [0.15, 0.2) is 11.4 Å². The van der Waals surface area contributed by atoms with Crippen LogP contribution in [-0.2, 0) is 23.9 Å². The fourth-order valence-corrected chi connectivity index (χ4v) is 5.04. The molecule has 4 unspecified atom stereocenters. The molecule has 0 radical (unpaired) electrons. The number of aliphatic hydroxyl groups is 1. The molecule has 4 atom stereocenters. The maximum absolute atomic E-state index is 13.2. The van der Waals surface area contributed by atoms with Crippen molar-refractivity contribution in [1.29, 1.82) is 0 Å². The molecule has 0 amide bonds. The number of Topliss-reactive ketones (excluding diaryl/α,β-unsaturated/α-hetero) is 1. The molecule has 0 saturated heterocycles. The van der Waals surface area contributed by atoms with Gasteiger partial charge in [0.2, 0.25) is 0 Å². The van der Waals surface area contributed by atoms with Crippen LogP contribution >= 0.6 is 11.3 Å². The van der Waals surface area contributed by atoms with Crippen LogP contribution < -0.4 is 0 Å². The summed E-state index contributed by atoms with van der Waals surface area (Å²) in [5.41, 5.74) is -2.49. The normalized spacial score (nSPS) is 17.5. The maximum Gasteiger partial charge on any atom is 0.336 e. The first-order valence-electron chi connectivity index (χ1n) is 13.5. The predicted molar refractivity (Wildman–Crippen MR) is 150 cm³/mol. The van der Waals surface area contributed by atoms with Crippen LogP contribution in [0, 0.1) is 5.82 Å². The van der Waals surface area contributed by atoms with E-state index in [-0.39, 0.29) is 31.4 Å². The molecule has 2 aromatic rings. The minimum atomic E-state index is -2.86. The summed E-state index contributed by atoms with van der Waals surface area (Å²) in [4.78, 5) is 52.4. The van der Waals surface area contributed by atoms with Crippen molar-refractivity contribution in [3.05, 3.63) is 70.4 Å². The fourth-order valence-electron chi connectivity index (χ4n) is 4.29. The van der Waals surface area contributed by atoms with Crippen LogP contribution in [0.1, 0.15) is 67.3 Å². The number of aliphatic carboxylic acids is 2. The number of ketones is 1. The van der Waals surface area contributed by atoms with Gasteiger partial charge in [0.1, 0.15) is 11.9 Å². The number of carbonyl (C=O) groups excluding carboxylic acids is 2. The van der Waals surface area contributed by atoms with Crippen LogP contribution in [0.4, 0.5) is 4.39 Å². The molecule has 0 spiro atoms. The van der Waals surface area contributed by atoms with Gasteiger partial charge in [0.25, 0.3) is 6.35 Å². The van der Waals surface area contributed by atoms with E-state index in [9.17, 15) is 33.8 Å². The monoisotopic (exact) mass is 606 g/mol. The zero-order valence-corrected chi connectivity index (χ0v) is 24.2. The highest BCUT2D eigenvalue weighted by Gasteiger charge is 2.43. The Labute approximate surface area is 246 Å². The molecule has 0 saturated carbocycles. The Morgan fingerprint density at radius 3 is 2.36 bits per heavy atom. The Kier molecular flexibility index (Phi) is 11.6. The third-order valence-electron chi connectivity index (χ3n) is 6.73. The lowest BCUT2D eigenvalue weighted by Crippen LogP contribution is -2.47. The summed E-state index contributed by atoms with van der Waals surface area (Å²) < 4.78 is 25.1. The van der Waals surface area contributed by atoms with Gasteiger partial charge in [-0.2, -0.15) is 0 Å². The lowest BCUT2D eigenvalue weighted by molar-refractivity contribution is -0.184. The third-order valence-corrected chi connectivity index (χ3v) is 7.69. The second kappa shape index (κ2) is 14.9. The van der Waals surface area contributed by atoms with Gasteiger partial charge in [-0.05, 0) is 55.5 Å². The molecule has 0 fully saturated rings. The highest BCUT2D eigenvalue weighted by Crippen LogP contribution is 2.30. The molecule has 1 aliphatic heterocycles. The van der Waals surface area contributed by atoms with Gasteiger partial charge >= 0.3 is 17.9 Å². The maximum atomic E-state index is 13.2. The van der Waals surface area contributed by atoms with E-state index in [1.165, 1.54) is 35.6 Å². The minimum absolute atomic E-state index is 0.0696. The van der Waals surface area contributed by atoms with Crippen molar-refractivity contribution in [2.75, 3.05) is 13.1 Å². The van der Waals surface area contributed by atoms with Gasteiger partial charge in [-0.1, -0.05) is 13.0 Å². The molecule has 0 bridgehead atoms. The van der Waals surface area contributed by atoms with Gasteiger partial charge in [0, 0.05) is 35.8 Å². The van der Waals surface area contributed by atoms with E-state index in [1.54, 1.807) is 22.2 Å². The van der Waals surface area contributed by atoms with Gasteiger partial charge in [-0.15, -0.1) is 11.3 Å². The molecule has 1 aliphatic rings. The quantitative estimate of drug-likeness (QED) is 0.177. The van der Waals surface area contributed by atoms with E-state index >= 15 is 0 Å². The number of carboxylic acids is 2. The first-order valence-corrected chi connectivity index (χ1v) is 14.3. The largest absolute Gasteiger partial charge is 0.481 e. The van der Waals surface area contributed by atoms with E-state index in [2.05, 4.69) is 0 Å². The number of carboxylic acid groups (broad SMARTS) is 2. The zero-order valence-electron chi connectivity index (χ0n) is 23.3. The van der Waals surface area contributed by atoms with Crippen molar-refractivity contribution >= 4 is 35.0 Å². The molecule has 2 heterocycles. The summed E-state index contributed by atoms with van der Waals surface area (Å²) in [5.74, 6) is -5.22. The van der Waals surface area contributed by atoms with Crippen molar-refractivity contribution < 1.29 is 48.4 Å². The predicted octanol–water partition coefficient (Wildman–Crippen LogP) is 4.00. The van der Waals surface area contributed by atoms with Gasteiger partial charge in [-0.25, -0.2) is 9.18 Å². The molecule has 11 nitrogen and oxygen atoms in total. The number of ether oxygens (including phenoxy) is 2. The van der Waals surface area contributed by atoms with E-state index in [1.807, 2.05) is 31.4 Å². The van der Waals surface area contributed by atoms with Crippen molar-refractivity contribution in [2.24, 2.45) is 0 Å². The van der Waals surface area contributed by atoms with Crippen LogP contribution in [0.3, 0.4) is 0 Å². The smallest absolute Gasteiger partial charge is 0.336 e. The van der Waals surface area contributed by atoms with Gasteiger partial charge in [-0.3, -0.25) is 14.4 Å². The Balaban J connectivity index is 1.75. The molecule has 42 heavy (non-hydrogen) atoms. The standard InChI is InChI=1S/C29H35FN2O9S/c1-3-19(2)40-23(24-7-5-15-42-24)18-32-14-13-31(12-4-6-22(33)20-8-10-21(30)11-9-20)28(32)41-26(36)17-29(39,27(37)38)16-25(34)35/h5,7-11,13-15,19,23,28,39H,3-4,6,12,16-18H2,1-2H3,(H,34,35)(H,37,38). The average Bonchev–Trinajstić information content (AvgIpc) is 3.59. The minimum Gasteiger partial charge on any atom is -0.481 e. The van der Waals surface area contributed by atoms with E-state index in [0.29, 0.717) is 12.0 Å². The summed E-state index contributed by atoms with van der Waals surface area (Å²) >= 11 is 1.50. The molecule has 0 aliphatic carbocycles. The second-order valence-electron chi connectivity index (χ2n) is 10.0. The summed E-state index contributed by atoms with van der Waals surface area (Å²) in [6, 6.07) is 9.04. The van der Waals surface area contributed by atoms with Crippen molar-refractivity contribution in [3.8, 4) is 0 Å². The second-order valence-corrected chi connectivity index (χ2v) is 11.0. The number of thiophene rings is 1. The topological polar surface area (TPSA) is 154 Å². The fraction of sp³-hybridized carbons (Fsp3) is 0.448. The highest BCUT2D eigenvalue weighted by molar-refractivity contribution is 7.10. The molecule has 3 N–H and O–H groups in total. The summed E-state index contributed by atoms with van der Waals surface area (Å²) in [7, 11) is 0. The highest BCUT2D eigenvalue weighted by atomic mass is 32.1. The van der Waals surface area contributed by atoms with Crippen molar-refractivity contribution in [1.82, 2.24) is 9.80 Å². The molecular weight excluding hydrogens is 571 g/mol. The van der Waals surface area contributed by atoms with Gasteiger partial charge in [0.05, 0.1) is 25.5 Å². The van der Waals surface area contributed by atoms with Gasteiger partial charge < -0.3 is 34.6 Å². The lowest BCUT2D eigenvalue weighted by atomic mass is 9.96. The first-order chi connectivity index (χ1) is 19.9. The number of rotatable bonds is 17. The lowest BCUT2D eigenvalue weighted by Gasteiger charge is -2.34. The number of hydrogen-bond acceptors (Lipinski definition) is 10. The summed E-state index contributed by atoms with van der Waals surface area (Å²) in [6.45, 7) is 4.44. The number of carbonyl (C=O) groups is 4. The zero-order chi connectivity index (χ0) is 30.9. The van der Waals surface area contributed by atoms with Crippen LogP contribution in [0.5, 0.6) is 0 Å². The van der Waals surface area contributed by atoms with Crippen LogP contribution in [0.25, 0.3) is 0 Å². The number of nitrogens with zero attached hydrogens (tertiary/aromatic N) is 2. The molecule has 1 aromatic carbocycles. The molecule has 228 valence electrons. The van der Waals surface area contributed by atoms with E-state index in [4.69, 9.17) is 14.6 Å². The van der Waals surface area contributed by atoms with Crippen LogP contribution in [-0.4, -0.2) is 80.0 Å². The third kappa shape index (κ3) is 9.10. The summed E-state index contributed by atoms with van der Waals surface area (Å²) in [6.07, 6.45) is 0.758. The first kappa shape index (κ1) is 32.7. The Morgan fingerprint density at radius 2 is 1.76 bits per heavy atom. The number of esters is 1. The van der Waals surface area contributed by atoms with E-state index in [0.717, 1.165) is 11.3 Å². The molecule has 1 aromatic heterocycles. The Hall–Kier alpha value is -3.81. The van der Waals surface area contributed by atoms with Crippen molar-refractivity contribution in [2.45, 2.75) is 70.1 Å². The number of benzene rings is 1. The van der Waals surface area contributed by atoms with Crippen LogP contribution in [0.15, 0.2) is 54.2 Å². The Morgan fingerprint density at radius 1 is 1.07 bits per heavy atom. The number of halogens is 1. The van der Waals surface area contributed by atoms with Crippen molar-refractivity contribution in [3.63, 3.8) is 0 Å². The number of hydrogen-bond donors (Lipinski definition) is 3. The molecule has 3 rings (SSSR count). The average molecular weight is 607 g/mol. The van der Waals surface area contributed by atoms with E-state index < -0.39 is 54.6 Å². The Bertz CT molecular complexity index is 1250. The van der Waals surface area contributed by atoms with Crippen LogP contribution in [0.2, 0.25) is 0 Å². The summed E-state index contributed by atoms with van der Waals surface area (Å²) in [5, 5.41) is 30.7.